The second kappa shape index (κ2) is 10.0. The number of carbonyl (C=O) groups is 1. The first-order chi connectivity index (χ1) is 14.0. The molecule has 0 fully saturated rings. The molecule has 1 aromatic heterocycles. The van der Waals surface area contributed by atoms with Crippen molar-refractivity contribution >= 4 is 23.8 Å². The van der Waals surface area contributed by atoms with Crippen LogP contribution in [0.2, 0.25) is 0 Å². The minimum Gasteiger partial charge on any atom is -0.375 e. The van der Waals surface area contributed by atoms with Crippen LogP contribution in [-0.4, -0.2) is 40.8 Å². The minimum absolute atomic E-state index is 0.0188. The van der Waals surface area contributed by atoms with Crippen molar-refractivity contribution in [1.82, 2.24) is 20.1 Å². The molecule has 3 rings (SSSR count). The van der Waals surface area contributed by atoms with Crippen LogP contribution >= 0.6 is 12.2 Å². The minimum atomic E-state index is 0.0188. The van der Waals surface area contributed by atoms with Crippen LogP contribution in [0.5, 0.6) is 0 Å². The number of nitrogens with zero attached hydrogens (tertiary/aromatic N) is 3. The van der Waals surface area contributed by atoms with Gasteiger partial charge in [-0.05, 0) is 37.7 Å². The largest absolute Gasteiger partial charge is 0.375 e. The highest BCUT2D eigenvalue weighted by Gasteiger charge is 2.10. The highest BCUT2D eigenvalue weighted by Crippen LogP contribution is 2.18. The summed E-state index contributed by atoms with van der Waals surface area (Å²) in [5.74, 6) is 0.776. The quantitative estimate of drug-likeness (QED) is 0.415. The third-order valence-corrected chi connectivity index (χ3v) is 5.13. The van der Waals surface area contributed by atoms with E-state index in [9.17, 15) is 4.79 Å². The first-order valence-corrected chi connectivity index (χ1v) is 10.2. The van der Waals surface area contributed by atoms with Crippen LogP contribution < -0.4 is 10.2 Å². The summed E-state index contributed by atoms with van der Waals surface area (Å²) in [6, 6.07) is 18.3. The fraction of sp³-hybridized carbons (Fsp3) is 0.318. The Morgan fingerprint density at radius 3 is 2.62 bits per heavy atom. The van der Waals surface area contributed by atoms with E-state index >= 15 is 0 Å². The van der Waals surface area contributed by atoms with Crippen molar-refractivity contribution in [2.45, 2.75) is 26.3 Å². The maximum Gasteiger partial charge on any atom is 0.221 e. The molecule has 29 heavy (non-hydrogen) atoms. The van der Waals surface area contributed by atoms with E-state index < -0.39 is 0 Å². The zero-order chi connectivity index (χ0) is 20.6. The number of hydrogen-bond donors (Lipinski definition) is 2. The number of nitrogens with one attached hydrogen (secondary N) is 2. The Morgan fingerprint density at radius 2 is 1.90 bits per heavy atom. The highest BCUT2D eigenvalue weighted by molar-refractivity contribution is 7.71. The van der Waals surface area contributed by atoms with Gasteiger partial charge in [-0.3, -0.25) is 14.5 Å². The average Bonchev–Trinajstić information content (AvgIpc) is 3.11. The molecule has 0 radical (unpaired) electrons. The zero-order valence-electron chi connectivity index (χ0n) is 16.9. The SMILES string of the molecule is Cc1ccc(-c2n[nH]c(=S)n2CCC(=O)NCCCN(C)c2ccccc2)cc1. The molecule has 152 valence electrons. The number of aryl methyl sites for hydroxylation is 1. The molecule has 0 saturated carbocycles. The van der Waals surface area contributed by atoms with Crippen LogP contribution in [-0.2, 0) is 11.3 Å². The Labute approximate surface area is 176 Å². The molecule has 2 N–H and O–H groups in total. The van der Waals surface area contributed by atoms with Crippen LogP contribution in [0, 0.1) is 11.7 Å². The molecule has 6 nitrogen and oxygen atoms in total. The Balaban J connectivity index is 1.46. The molecule has 0 aliphatic rings. The second-order valence-electron chi connectivity index (χ2n) is 7.08. The number of rotatable bonds is 9. The predicted molar refractivity (Wildman–Crippen MR) is 120 cm³/mol. The summed E-state index contributed by atoms with van der Waals surface area (Å²) < 4.78 is 2.40. The summed E-state index contributed by atoms with van der Waals surface area (Å²) in [6.07, 6.45) is 1.25. The molecule has 0 spiro atoms. The normalized spacial score (nSPS) is 10.7. The van der Waals surface area contributed by atoms with Crippen LogP contribution in [0.4, 0.5) is 5.69 Å². The van der Waals surface area contributed by atoms with E-state index in [4.69, 9.17) is 12.2 Å². The van der Waals surface area contributed by atoms with Crippen molar-refractivity contribution in [3.63, 3.8) is 0 Å². The Hall–Kier alpha value is -2.93. The average molecular weight is 410 g/mol. The van der Waals surface area contributed by atoms with Crippen molar-refractivity contribution in [2.75, 3.05) is 25.0 Å². The second-order valence-corrected chi connectivity index (χ2v) is 7.47. The molecular formula is C22H27N5OS. The van der Waals surface area contributed by atoms with Crippen molar-refractivity contribution < 1.29 is 4.79 Å². The number of carbonyl (C=O) groups excluding carboxylic acids is 1. The summed E-state index contributed by atoms with van der Waals surface area (Å²) >= 11 is 5.34. The fourth-order valence-corrected chi connectivity index (χ4v) is 3.33. The van der Waals surface area contributed by atoms with Gasteiger partial charge in [-0.2, -0.15) is 5.10 Å². The van der Waals surface area contributed by atoms with Gasteiger partial charge in [0.2, 0.25) is 5.91 Å². The van der Waals surface area contributed by atoms with Crippen molar-refractivity contribution in [2.24, 2.45) is 0 Å². The Kier molecular flexibility index (Phi) is 7.19. The molecular weight excluding hydrogens is 382 g/mol. The summed E-state index contributed by atoms with van der Waals surface area (Å²) in [4.78, 5) is 14.4. The van der Waals surface area contributed by atoms with Gasteiger partial charge in [-0.15, -0.1) is 0 Å². The van der Waals surface area contributed by atoms with E-state index in [2.05, 4.69) is 39.6 Å². The predicted octanol–water partition coefficient (Wildman–Crippen LogP) is 3.95. The molecule has 0 aliphatic carbocycles. The Morgan fingerprint density at radius 1 is 1.17 bits per heavy atom. The molecule has 0 aliphatic heterocycles. The number of hydrogen-bond acceptors (Lipinski definition) is 4. The van der Waals surface area contributed by atoms with Gasteiger partial charge in [0.05, 0.1) is 0 Å². The number of aromatic nitrogens is 3. The van der Waals surface area contributed by atoms with E-state index in [1.54, 1.807) is 0 Å². The van der Waals surface area contributed by atoms with Gasteiger partial charge in [-0.25, -0.2) is 0 Å². The number of para-hydroxylation sites is 1. The first kappa shape index (κ1) is 20.8. The summed E-state index contributed by atoms with van der Waals surface area (Å²) in [5.41, 5.74) is 3.34. The molecule has 0 unspecified atom stereocenters. The lowest BCUT2D eigenvalue weighted by Gasteiger charge is -2.19. The lowest BCUT2D eigenvalue weighted by molar-refractivity contribution is -0.121. The van der Waals surface area contributed by atoms with Crippen LogP contribution in [0.3, 0.4) is 0 Å². The molecule has 1 heterocycles. The van der Waals surface area contributed by atoms with Crippen LogP contribution in [0.1, 0.15) is 18.4 Å². The smallest absolute Gasteiger partial charge is 0.221 e. The lowest BCUT2D eigenvalue weighted by atomic mass is 10.1. The van der Waals surface area contributed by atoms with E-state index in [1.165, 1.54) is 11.3 Å². The molecule has 1 amide bonds. The van der Waals surface area contributed by atoms with E-state index in [-0.39, 0.29) is 5.91 Å². The molecule has 7 heteroatoms. The van der Waals surface area contributed by atoms with Crippen molar-refractivity contribution in [3.8, 4) is 11.4 Å². The topological polar surface area (TPSA) is 66.0 Å². The van der Waals surface area contributed by atoms with E-state index in [1.807, 2.05) is 54.0 Å². The first-order valence-electron chi connectivity index (χ1n) is 9.80. The zero-order valence-corrected chi connectivity index (χ0v) is 17.7. The summed E-state index contributed by atoms with van der Waals surface area (Å²) in [7, 11) is 2.06. The standard InChI is InChI=1S/C22H27N5OS/c1-17-9-11-18(12-10-17)21-24-25-22(29)27(21)16-13-20(28)23-14-6-15-26(2)19-7-4-3-5-8-19/h3-5,7-12H,6,13-16H2,1-2H3,(H,23,28)(H,25,29). The Bertz CT molecular complexity index is 978. The van der Waals surface area contributed by atoms with Gasteiger partial charge in [0, 0.05) is 44.4 Å². The number of aromatic amines is 1. The van der Waals surface area contributed by atoms with Gasteiger partial charge < -0.3 is 10.2 Å². The fourth-order valence-electron chi connectivity index (χ4n) is 3.11. The molecule has 0 atom stereocenters. The maximum atomic E-state index is 12.3. The van der Waals surface area contributed by atoms with Gasteiger partial charge in [0.15, 0.2) is 10.6 Å². The van der Waals surface area contributed by atoms with Crippen molar-refractivity contribution in [3.05, 3.63) is 64.9 Å². The number of anilines is 1. The maximum absolute atomic E-state index is 12.3. The lowest BCUT2D eigenvalue weighted by Crippen LogP contribution is -2.28. The number of H-pyrrole nitrogens is 1. The van der Waals surface area contributed by atoms with E-state index in [0.717, 1.165) is 24.4 Å². The molecule has 2 aromatic carbocycles. The highest BCUT2D eigenvalue weighted by atomic mass is 32.1. The van der Waals surface area contributed by atoms with Gasteiger partial charge in [0.25, 0.3) is 0 Å². The van der Waals surface area contributed by atoms with Crippen molar-refractivity contribution in [1.29, 1.82) is 0 Å². The number of amides is 1. The van der Waals surface area contributed by atoms with Gasteiger partial charge >= 0.3 is 0 Å². The van der Waals surface area contributed by atoms with E-state index in [0.29, 0.717) is 24.3 Å². The van der Waals surface area contributed by atoms with Crippen LogP contribution in [0.15, 0.2) is 54.6 Å². The molecule has 3 aromatic rings. The molecule has 0 saturated heterocycles. The van der Waals surface area contributed by atoms with Gasteiger partial charge in [0.1, 0.15) is 0 Å². The van der Waals surface area contributed by atoms with Gasteiger partial charge in [-0.1, -0.05) is 48.0 Å². The third-order valence-electron chi connectivity index (χ3n) is 4.82. The third kappa shape index (κ3) is 5.77. The molecule has 0 bridgehead atoms. The summed E-state index contributed by atoms with van der Waals surface area (Å²) in [6.45, 7) is 4.07. The summed E-state index contributed by atoms with van der Waals surface area (Å²) in [5, 5.41) is 10.2. The number of benzene rings is 2. The van der Waals surface area contributed by atoms with Crippen LogP contribution in [0.25, 0.3) is 11.4 Å². The monoisotopic (exact) mass is 409 g/mol.